The summed E-state index contributed by atoms with van der Waals surface area (Å²) in [5, 5.41) is 1.62. The van der Waals surface area contributed by atoms with Crippen LogP contribution in [0.4, 0.5) is 0 Å². The molecule has 92 valence electrons. The van der Waals surface area contributed by atoms with Crippen LogP contribution in [0.1, 0.15) is 26.2 Å². The molecule has 1 aromatic heterocycles. The molecule has 0 N–H and O–H groups in total. The van der Waals surface area contributed by atoms with Gasteiger partial charge in [0.25, 0.3) is 5.56 Å². The van der Waals surface area contributed by atoms with Crippen LogP contribution in [-0.2, 0) is 6.54 Å². The van der Waals surface area contributed by atoms with Crippen molar-refractivity contribution in [3.05, 3.63) is 32.5 Å². The maximum atomic E-state index is 12.1. The third-order valence-electron chi connectivity index (χ3n) is 2.63. The molecule has 0 amide bonds. The fraction of sp³-hybridized carbons (Fsp3) is 0.417. The van der Waals surface area contributed by atoms with Gasteiger partial charge in [0.2, 0.25) is 0 Å². The highest BCUT2D eigenvalue weighted by Crippen LogP contribution is 2.28. The average molecular weight is 290 g/mol. The second-order valence-electron chi connectivity index (χ2n) is 3.97. The van der Waals surface area contributed by atoms with Crippen molar-refractivity contribution in [2.45, 2.75) is 32.7 Å². The van der Waals surface area contributed by atoms with E-state index in [1.807, 2.05) is 0 Å². The monoisotopic (exact) mass is 289 g/mol. The number of hydrogen-bond donors (Lipinski definition) is 0. The number of aryl methyl sites for hydroxylation is 1. The van der Waals surface area contributed by atoms with E-state index in [0.717, 1.165) is 30.5 Å². The first-order chi connectivity index (χ1) is 8.13. The van der Waals surface area contributed by atoms with E-state index in [2.05, 4.69) is 6.92 Å². The van der Waals surface area contributed by atoms with Crippen molar-refractivity contribution < 1.29 is 0 Å². The second-order valence-corrected chi connectivity index (χ2v) is 5.87. The van der Waals surface area contributed by atoms with Crippen molar-refractivity contribution >= 4 is 44.8 Å². The Morgan fingerprint density at radius 1 is 1.29 bits per heavy atom. The summed E-state index contributed by atoms with van der Waals surface area (Å²) in [6.45, 7) is 2.91. The molecule has 2 aromatic rings. The van der Waals surface area contributed by atoms with Crippen LogP contribution in [-0.4, -0.2) is 3.96 Å². The Morgan fingerprint density at radius 3 is 2.76 bits per heavy atom. The zero-order chi connectivity index (χ0) is 12.4. The SMILES string of the molecule is CCCCCn1sc2cc(Cl)cc(Cl)c2c1=O. The lowest BCUT2D eigenvalue weighted by Crippen LogP contribution is -2.13. The van der Waals surface area contributed by atoms with Gasteiger partial charge in [-0.2, -0.15) is 0 Å². The van der Waals surface area contributed by atoms with Gasteiger partial charge in [0, 0.05) is 11.6 Å². The van der Waals surface area contributed by atoms with Crippen LogP contribution in [0, 0.1) is 0 Å². The van der Waals surface area contributed by atoms with Crippen LogP contribution < -0.4 is 5.56 Å². The second kappa shape index (κ2) is 5.42. The Kier molecular flexibility index (Phi) is 4.13. The number of unbranched alkanes of at least 4 members (excludes halogenated alkanes) is 2. The van der Waals surface area contributed by atoms with Gasteiger partial charge in [-0.1, -0.05) is 54.5 Å². The lowest BCUT2D eigenvalue weighted by Gasteiger charge is -1.97. The molecule has 0 saturated heterocycles. The molecule has 0 fully saturated rings. The maximum absolute atomic E-state index is 12.1. The normalized spacial score (nSPS) is 11.2. The molecule has 0 aliphatic carbocycles. The van der Waals surface area contributed by atoms with Crippen molar-refractivity contribution in [2.24, 2.45) is 0 Å². The largest absolute Gasteiger partial charge is 0.270 e. The zero-order valence-electron chi connectivity index (χ0n) is 9.50. The average Bonchev–Trinajstić information content (AvgIpc) is 2.56. The van der Waals surface area contributed by atoms with Crippen molar-refractivity contribution in [3.8, 4) is 0 Å². The minimum absolute atomic E-state index is 0.00256. The first-order valence-electron chi connectivity index (χ1n) is 5.62. The molecule has 0 radical (unpaired) electrons. The molecule has 2 rings (SSSR count). The molecule has 0 saturated carbocycles. The predicted molar refractivity (Wildman–Crippen MR) is 75.6 cm³/mol. The summed E-state index contributed by atoms with van der Waals surface area (Å²) in [6.07, 6.45) is 3.30. The van der Waals surface area contributed by atoms with Gasteiger partial charge in [0.1, 0.15) is 0 Å². The van der Waals surface area contributed by atoms with Gasteiger partial charge >= 0.3 is 0 Å². The molecule has 0 aliphatic heterocycles. The molecule has 0 aliphatic rings. The van der Waals surface area contributed by atoms with Gasteiger partial charge in [-0.15, -0.1) is 0 Å². The minimum atomic E-state index is 0.00256. The van der Waals surface area contributed by atoms with Crippen molar-refractivity contribution in [3.63, 3.8) is 0 Å². The fourth-order valence-electron chi connectivity index (χ4n) is 1.77. The number of aromatic nitrogens is 1. The zero-order valence-corrected chi connectivity index (χ0v) is 11.8. The number of hydrogen-bond acceptors (Lipinski definition) is 2. The van der Waals surface area contributed by atoms with Crippen LogP contribution in [0.25, 0.3) is 10.1 Å². The summed E-state index contributed by atoms with van der Waals surface area (Å²) in [6, 6.07) is 3.42. The highest BCUT2D eigenvalue weighted by molar-refractivity contribution is 7.14. The Morgan fingerprint density at radius 2 is 2.06 bits per heavy atom. The van der Waals surface area contributed by atoms with E-state index in [1.54, 1.807) is 16.1 Å². The van der Waals surface area contributed by atoms with Gasteiger partial charge in [0.15, 0.2) is 0 Å². The van der Waals surface area contributed by atoms with Crippen LogP contribution in [0.5, 0.6) is 0 Å². The van der Waals surface area contributed by atoms with Crippen molar-refractivity contribution in [1.29, 1.82) is 0 Å². The number of rotatable bonds is 4. The minimum Gasteiger partial charge on any atom is -0.268 e. The summed E-state index contributed by atoms with van der Waals surface area (Å²) >= 11 is 13.4. The van der Waals surface area contributed by atoms with E-state index in [9.17, 15) is 4.79 Å². The summed E-state index contributed by atoms with van der Waals surface area (Å²) in [7, 11) is 0. The van der Waals surface area contributed by atoms with E-state index < -0.39 is 0 Å². The van der Waals surface area contributed by atoms with Crippen molar-refractivity contribution in [1.82, 2.24) is 3.96 Å². The molecule has 2 nitrogen and oxygen atoms in total. The number of nitrogens with zero attached hydrogens (tertiary/aromatic N) is 1. The standard InChI is InChI=1S/C12H13Cl2NOS/c1-2-3-4-5-15-12(16)11-9(14)6-8(13)7-10(11)17-15/h6-7H,2-5H2,1H3. The smallest absolute Gasteiger partial charge is 0.268 e. The molecule has 0 atom stereocenters. The topological polar surface area (TPSA) is 22.0 Å². The summed E-state index contributed by atoms with van der Waals surface area (Å²) in [4.78, 5) is 12.1. The molecule has 0 unspecified atom stereocenters. The van der Waals surface area contributed by atoms with Crippen LogP contribution in [0.3, 0.4) is 0 Å². The van der Waals surface area contributed by atoms with Gasteiger partial charge in [-0.25, -0.2) is 0 Å². The Labute approximate surface area is 114 Å². The first kappa shape index (κ1) is 12.9. The third-order valence-corrected chi connectivity index (χ3v) is 4.24. The molecule has 17 heavy (non-hydrogen) atoms. The molecule has 1 heterocycles. The Hall–Kier alpha value is -0.510. The molecule has 5 heteroatoms. The van der Waals surface area contributed by atoms with Crippen LogP contribution >= 0.6 is 34.7 Å². The molecule has 0 spiro atoms. The van der Waals surface area contributed by atoms with Gasteiger partial charge in [-0.05, 0) is 18.6 Å². The summed E-state index contributed by atoms with van der Waals surface area (Å²) in [5.41, 5.74) is 0.00256. The molecule has 1 aromatic carbocycles. The van der Waals surface area contributed by atoms with Gasteiger partial charge < -0.3 is 0 Å². The highest BCUT2D eigenvalue weighted by atomic mass is 35.5. The fourth-order valence-corrected chi connectivity index (χ4v) is 3.56. The Bertz CT molecular complexity index is 588. The lowest BCUT2D eigenvalue weighted by molar-refractivity contribution is 0.624. The van der Waals surface area contributed by atoms with E-state index >= 15 is 0 Å². The van der Waals surface area contributed by atoms with E-state index in [1.165, 1.54) is 11.5 Å². The molecular weight excluding hydrogens is 277 g/mol. The number of benzene rings is 1. The third kappa shape index (κ3) is 2.67. The highest BCUT2D eigenvalue weighted by Gasteiger charge is 2.11. The summed E-state index contributed by atoms with van der Waals surface area (Å²) in [5.74, 6) is 0. The van der Waals surface area contributed by atoms with E-state index in [0.29, 0.717) is 15.4 Å². The first-order valence-corrected chi connectivity index (χ1v) is 7.15. The van der Waals surface area contributed by atoms with Crippen LogP contribution in [0.2, 0.25) is 10.0 Å². The molecule has 0 bridgehead atoms. The maximum Gasteiger partial charge on any atom is 0.270 e. The number of halogens is 2. The van der Waals surface area contributed by atoms with Gasteiger partial charge in [-0.3, -0.25) is 8.75 Å². The predicted octanol–water partition coefficient (Wildman–Crippen LogP) is 4.56. The Balaban J connectivity index is 2.42. The lowest BCUT2D eigenvalue weighted by atomic mass is 10.2. The molecular formula is C12H13Cl2NOS. The van der Waals surface area contributed by atoms with Gasteiger partial charge in [0.05, 0.1) is 15.1 Å². The van der Waals surface area contributed by atoms with E-state index in [4.69, 9.17) is 23.2 Å². The summed E-state index contributed by atoms with van der Waals surface area (Å²) < 4.78 is 2.63. The van der Waals surface area contributed by atoms with E-state index in [-0.39, 0.29) is 5.56 Å². The number of fused-ring (bicyclic) bond motifs is 1. The quantitative estimate of drug-likeness (QED) is 0.756. The van der Waals surface area contributed by atoms with Crippen LogP contribution in [0.15, 0.2) is 16.9 Å². The van der Waals surface area contributed by atoms with Crippen molar-refractivity contribution in [2.75, 3.05) is 0 Å².